The minimum Gasteiger partial charge on any atom is -0.309 e. The fourth-order valence-electron chi connectivity index (χ4n) is 9.26. The van der Waals surface area contributed by atoms with Crippen molar-refractivity contribution in [3.05, 3.63) is 206 Å². The van der Waals surface area contributed by atoms with Gasteiger partial charge in [0.1, 0.15) is 0 Å². The van der Waals surface area contributed by atoms with Crippen LogP contribution in [-0.2, 0) is 0 Å². The minimum atomic E-state index is 0.911. The molecule has 266 valence electrons. The summed E-state index contributed by atoms with van der Waals surface area (Å²) in [4.78, 5) is 5.71. The smallest absolute Gasteiger partial charge is 0.0751 e. The van der Waals surface area contributed by atoms with E-state index in [9.17, 15) is 0 Å². The fourth-order valence-corrected chi connectivity index (χ4v) is 9.26. The van der Waals surface area contributed by atoms with Gasteiger partial charge in [0, 0.05) is 54.8 Å². The molecular weight excluding hydrogens is 693 g/mol. The van der Waals surface area contributed by atoms with Gasteiger partial charge < -0.3 is 13.7 Å². The molecule has 0 saturated carbocycles. The highest BCUT2D eigenvalue weighted by Crippen LogP contribution is 2.42. The summed E-state index contributed by atoms with van der Waals surface area (Å²) in [6.45, 7) is 0. The molecule has 0 atom stereocenters. The Balaban J connectivity index is 1.23. The molecule has 8 aromatic carbocycles. The first-order valence-electron chi connectivity index (χ1n) is 19.5. The normalized spacial score (nSPS) is 11.9. The molecule has 0 unspecified atom stereocenters. The second kappa shape index (κ2) is 12.4. The zero-order valence-corrected chi connectivity index (χ0v) is 30.9. The molecule has 0 aliphatic rings. The highest BCUT2D eigenvalue weighted by atomic mass is 15.0. The summed E-state index contributed by atoms with van der Waals surface area (Å²) < 4.78 is 7.23. The standard InChI is InChI=1S/C53H34N4/c1-3-17-35(18-4-1)56-50-31-13-9-23-40(50)42-25-15-27-44(52(42)56)46-33-37(55-48-29-11-7-21-38(48)39-22-8-12-30-49(39)55)34-47(54-46)45-28-16-26-43-41-24-10-14-32-51(41)57(53(43)45)36-19-5-2-6-20-36/h1-34H. The summed E-state index contributed by atoms with van der Waals surface area (Å²) in [6.07, 6.45) is 0. The number of pyridine rings is 1. The fraction of sp³-hybridized carbons (Fsp3) is 0. The average Bonchev–Trinajstić information content (AvgIpc) is 3.93. The maximum Gasteiger partial charge on any atom is 0.0751 e. The first kappa shape index (κ1) is 31.6. The van der Waals surface area contributed by atoms with E-state index in [1.54, 1.807) is 0 Å². The van der Waals surface area contributed by atoms with E-state index in [4.69, 9.17) is 4.98 Å². The number of benzene rings is 8. The number of hydrogen-bond donors (Lipinski definition) is 0. The van der Waals surface area contributed by atoms with Crippen LogP contribution in [-0.4, -0.2) is 18.7 Å². The van der Waals surface area contributed by atoms with E-state index in [0.29, 0.717) is 0 Å². The first-order chi connectivity index (χ1) is 28.3. The highest BCUT2D eigenvalue weighted by molar-refractivity contribution is 6.16. The summed E-state index contributed by atoms with van der Waals surface area (Å²) >= 11 is 0. The Labute approximate surface area is 328 Å². The van der Waals surface area contributed by atoms with E-state index in [0.717, 1.165) is 61.6 Å². The van der Waals surface area contributed by atoms with Crippen molar-refractivity contribution in [2.45, 2.75) is 0 Å². The van der Waals surface area contributed by atoms with Gasteiger partial charge >= 0.3 is 0 Å². The molecule has 0 aliphatic carbocycles. The Morgan fingerprint density at radius 1 is 0.263 bits per heavy atom. The third kappa shape index (κ3) is 4.71. The Kier molecular flexibility index (Phi) is 6.89. The van der Waals surface area contributed by atoms with E-state index < -0.39 is 0 Å². The van der Waals surface area contributed by atoms with Gasteiger partial charge in [-0.05, 0) is 60.7 Å². The van der Waals surface area contributed by atoms with Gasteiger partial charge in [0.25, 0.3) is 0 Å². The molecule has 12 aromatic rings. The van der Waals surface area contributed by atoms with E-state index in [-0.39, 0.29) is 0 Å². The SMILES string of the molecule is c1ccc(-n2c3ccccc3c3cccc(-c4cc(-n5c6ccccc6c6ccccc65)cc(-c5cccc6c7ccccc7n(-c7ccccc7)c56)n4)c32)cc1. The van der Waals surface area contributed by atoms with Gasteiger partial charge in [-0.2, -0.15) is 0 Å². The third-order valence-corrected chi connectivity index (χ3v) is 11.6. The summed E-state index contributed by atoms with van der Waals surface area (Å²) in [5.41, 5.74) is 14.2. The van der Waals surface area contributed by atoms with Crippen LogP contribution < -0.4 is 0 Å². The zero-order chi connectivity index (χ0) is 37.5. The maximum absolute atomic E-state index is 5.71. The van der Waals surface area contributed by atoms with Crippen molar-refractivity contribution in [1.29, 1.82) is 0 Å². The molecule has 0 aliphatic heterocycles. The van der Waals surface area contributed by atoms with Crippen LogP contribution in [0.25, 0.3) is 105 Å². The molecule has 57 heavy (non-hydrogen) atoms. The maximum atomic E-state index is 5.71. The second-order valence-electron chi connectivity index (χ2n) is 14.7. The lowest BCUT2D eigenvalue weighted by molar-refractivity contribution is 1.15. The third-order valence-electron chi connectivity index (χ3n) is 11.6. The molecule has 4 heteroatoms. The van der Waals surface area contributed by atoms with Gasteiger partial charge in [0.05, 0.1) is 50.2 Å². The number of hydrogen-bond acceptors (Lipinski definition) is 1. The van der Waals surface area contributed by atoms with Crippen LogP contribution in [0.15, 0.2) is 206 Å². The van der Waals surface area contributed by atoms with Crippen molar-refractivity contribution in [2.75, 3.05) is 0 Å². The van der Waals surface area contributed by atoms with E-state index in [2.05, 4.69) is 220 Å². The van der Waals surface area contributed by atoms with E-state index in [1.807, 2.05) is 0 Å². The van der Waals surface area contributed by atoms with Crippen LogP contribution in [0.3, 0.4) is 0 Å². The number of fused-ring (bicyclic) bond motifs is 9. The van der Waals surface area contributed by atoms with Crippen molar-refractivity contribution in [3.63, 3.8) is 0 Å². The number of nitrogens with zero attached hydrogens (tertiary/aromatic N) is 4. The first-order valence-corrected chi connectivity index (χ1v) is 19.5. The second-order valence-corrected chi connectivity index (χ2v) is 14.7. The molecule has 4 nitrogen and oxygen atoms in total. The molecule has 4 aromatic heterocycles. The lowest BCUT2D eigenvalue weighted by Gasteiger charge is -2.16. The zero-order valence-electron chi connectivity index (χ0n) is 30.9. The molecule has 4 heterocycles. The van der Waals surface area contributed by atoms with Gasteiger partial charge in [0.2, 0.25) is 0 Å². The molecule has 0 fully saturated rings. The number of aromatic nitrogens is 4. The van der Waals surface area contributed by atoms with Gasteiger partial charge in [-0.3, -0.25) is 0 Å². The molecule has 0 amide bonds. The highest BCUT2D eigenvalue weighted by Gasteiger charge is 2.22. The predicted octanol–water partition coefficient (Wildman–Crippen LogP) is 13.7. The van der Waals surface area contributed by atoms with Crippen molar-refractivity contribution in [2.24, 2.45) is 0 Å². The predicted molar refractivity (Wildman–Crippen MR) is 238 cm³/mol. The van der Waals surface area contributed by atoms with Crippen molar-refractivity contribution >= 4 is 65.4 Å². The molecule has 0 N–H and O–H groups in total. The van der Waals surface area contributed by atoms with E-state index >= 15 is 0 Å². The summed E-state index contributed by atoms with van der Waals surface area (Å²) in [5.74, 6) is 0. The van der Waals surface area contributed by atoms with Crippen LogP contribution in [0.5, 0.6) is 0 Å². The Morgan fingerprint density at radius 2 is 0.596 bits per heavy atom. The van der Waals surface area contributed by atoms with Crippen LogP contribution in [0, 0.1) is 0 Å². The lowest BCUT2D eigenvalue weighted by Crippen LogP contribution is -2.01. The Morgan fingerprint density at radius 3 is 1.02 bits per heavy atom. The summed E-state index contributed by atoms with van der Waals surface area (Å²) in [7, 11) is 0. The molecule has 12 rings (SSSR count). The summed E-state index contributed by atoms with van der Waals surface area (Å²) in [5, 5.41) is 7.28. The topological polar surface area (TPSA) is 27.7 Å². The van der Waals surface area contributed by atoms with Gasteiger partial charge in [-0.1, -0.05) is 146 Å². The molecule has 0 radical (unpaired) electrons. The van der Waals surface area contributed by atoms with Gasteiger partial charge in [-0.15, -0.1) is 0 Å². The van der Waals surface area contributed by atoms with Crippen LogP contribution in [0.2, 0.25) is 0 Å². The van der Waals surface area contributed by atoms with Gasteiger partial charge in [-0.25, -0.2) is 4.98 Å². The Hall–Kier alpha value is -7.69. The minimum absolute atomic E-state index is 0.911. The lowest BCUT2D eigenvalue weighted by atomic mass is 10.0. The van der Waals surface area contributed by atoms with Crippen LogP contribution in [0.1, 0.15) is 0 Å². The number of rotatable bonds is 5. The van der Waals surface area contributed by atoms with Crippen LogP contribution in [0.4, 0.5) is 0 Å². The van der Waals surface area contributed by atoms with Crippen molar-refractivity contribution < 1.29 is 0 Å². The largest absolute Gasteiger partial charge is 0.309 e. The average molecular weight is 727 g/mol. The van der Waals surface area contributed by atoms with Crippen molar-refractivity contribution in [3.8, 4) is 39.6 Å². The molecule has 0 bridgehead atoms. The van der Waals surface area contributed by atoms with Crippen LogP contribution >= 0.6 is 0 Å². The quantitative estimate of drug-likeness (QED) is 0.174. The molecule has 0 spiro atoms. The summed E-state index contributed by atoms with van der Waals surface area (Å²) in [6, 6.07) is 74.2. The number of para-hydroxylation sites is 8. The Bertz CT molecular complexity index is 3280. The van der Waals surface area contributed by atoms with Gasteiger partial charge in [0.15, 0.2) is 0 Å². The molecule has 0 saturated heterocycles. The van der Waals surface area contributed by atoms with E-state index in [1.165, 1.54) is 43.4 Å². The monoisotopic (exact) mass is 726 g/mol. The van der Waals surface area contributed by atoms with Crippen molar-refractivity contribution in [1.82, 2.24) is 18.7 Å². The molecular formula is C53H34N4.